The number of fused-ring (bicyclic) bond motifs is 1. The number of amides is 1. The molecular weight excluding hydrogens is 408 g/mol. The average Bonchev–Trinajstić information content (AvgIpc) is 3.14. The molecule has 0 aliphatic carbocycles. The highest BCUT2D eigenvalue weighted by Crippen LogP contribution is 2.25. The zero-order valence-corrected chi connectivity index (χ0v) is 15.1. The lowest BCUT2D eigenvalue weighted by Gasteiger charge is -2.10. The van der Waals surface area contributed by atoms with Crippen LogP contribution in [0.2, 0.25) is 0 Å². The maximum atomic E-state index is 13.9. The van der Waals surface area contributed by atoms with E-state index in [1.807, 2.05) is 0 Å². The molecule has 4 rings (SSSR count). The van der Waals surface area contributed by atoms with Crippen LogP contribution in [0.4, 0.5) is 17.6 Å². The zero-order chi connectivity index (χ0) is 21.9. The highest BCUT2D eigenvalue weighted by Gasteiger charge is 2.38. The van der Waals surface area contributed by atoms with Gasteiger partial charge in [0.1, 0.15) is 5.82 Å². The average molecular weight is 422 g/mol. The summed E-state index contributed by atoms with van der Waals surface area (Å²) in [5.74, 6) is -2.89. The van der Waals surface area contributed by atoms with Crippen LogP contribution in [0.15, 0.2) is 42.6 Å². The maximum absolute atomic E-state index is 13.9. The Bertz CT molecular complexity index is 1100. The topological polar surface area (TPSA) is 108 Å². The molecule has 30 heavy (non-hydrogen) atoms. The van der Waals surface area contributed by atoms with Crippen molar-refractivity contribution in [3.05, 3.63) is 59.7 Å². The predicted molar refractivity (Wildman–Crippen MR) is 96.9 cm³/mol. The summed E-state index contributed by atoms with van der Waals surface area (Å²) in [6.45, 7) is 0.621. The third-order valence-corrected chi connectivity index (χ3v) is 4.09. The Balaban J connectivity index is 0.000000318. The molecule has 0 saturated carbocycles. The Morgan fingerprint density at radius 1 is 1.13 bits per heavy atom. The third-order valence-electron chi connectivity index (χ3n) is 4.09. The molecule has 1 amide bonds. The standard InChI is InChI=1S/C17H13FN4O.C2HF3O2/c18-12-4-2-1-3-10(12)16-19-7-6-14(22-16)15-9-11-13(21-15)5-8-20-17(11)23;3-2(4,5)1(6)7/h1-4,6-7,9,21H,5,8H2,(H,20,23);(H,6,7). The highest BCUT2D eigenvalue weighted by atomic mass is 19.4. The lowest BCUT2D eigenvalue weighted by molar-refractivity contribution is -0.192. The summed E-state index contributed by atoms with van der Waals surface area (Å²) in [6, 6.07) is 9.90. The minimum Gasteiger partial charge on any atom is -0.475 e. The lowest BCUT2D eigenvalue weighted by atomic mass is 10.1. The van der Waals surface area contributed by atoms with Crippen molar-refractivity contribution in [2.45, 2.75) is 12.6 Å². The van der Waals surface area contributed by atoms with Crippen molar-refractivity contribution in [3.8, 4) is 22.8 Å². The quantitative estimate of drug-likeness (QED) is 0.550. The fourth-order valence-electron chi connectivity index (χ4n) is 2.71. The number of carboxylic acid groups (broad SMARTS) is 1. The van der Waals surface area contributed by atoms with Gasteiger partial charge in [0, 0.05) is 24.9 Å². The van der Waals surface area contributed by atoms with Gasteiger partial charge in [0.05, 0.1) is 22.5 Å². The van der Waals surface area contributed by atoms with E-state index in [4.69, 9.17) is 9.90 Å². The summed E-state index contributed by atoms with van der Waals surface area (Å²) in [5, 5.41) is 9.93. The number of hydrogen-bond donors (Lipinski definition) is 3. The molecule has 0 radical (unpaired) electrons. The Labute approximate surface area is 166 Å². The van der Waals surface area contributed by atoms with E-state index in [9.17, 15) is 22.4 Å². The second-order valence-electron chi connectivity index (χ2n) is 6.13. The Morgan fingerprint density at radius 2 is 1.83 bits per heavy atom. The van der Waals surface area contributed by atoms with Crippen molar-refractivity contribution < 1.29 is 32.3 Å². The van der Waals surface area contributed by atoms with Crippen LogP contribution in [0, 0.1) is 5.82 Å². The first-order chi connectivity index (χ1) is 14.2. The second kappa shape index (κ2) is 8.31. The number of H-pyrrole nitrogens is 1. The monoisotopic (exact) mass is 422 g/mol. The number of nitrogens with one attached hydrogen (secondary N) is 2. The number of alkyl halides is 3. The van der Waals surface area contributed by atoms with Gasteiger partial charge in [-0.1, -0.05) is 12.1 Å². The number of aromatic amines is 1. The van der Waals surface area contributed by atoms with Crippen LogP contribution in [0.1, 0.15) is 16.1 Å². The summed E-state index contributed by atoms with van der Waals surface area (Å²) < 4.78 is 45.6. The van der Waals surface area contributed by atoms with Crippen LogP contribution >= 0.6 is 0 Å². The Hall–Kier alpha value is -3.76. The zero-order valence-electron chi connectivity index (χ0n) is 15.1. The molecule has 11 heteroatoms. The molecule has 3 aromatic rings. The molecule has 7 nitrogen and oxygen atoms in total. The molecule has 0 bridgehead atoms. The minimum absolute atomic E-state index is 0.0860. The first-order valence-corrected chi connectivity index (χ1v) is 8.55. The number of nitrogens with zero attached hydrogens (tertiary/aromatic N) is 2. The third kappa shape index (κ3) is 4.62. The molecule has 1 aromatic carbocycles. The summed E-state index contributed by atoms with van der Waals surface area (Å²) >= 11 is 0. The maximum Gasteiger partial charge on any atom is 0.490 e. The molecule has 0 unspecified atom stereocenters. The van der Waals surface area contributed by atoms with Crippen LogP contribution < -0.4 is 5.32 Å². The number of carboxylic acids is 1. The van der Waals surface area contributed by atoms with Crippen LogP contribution in [0.5, 0.6) is 0 Å². The van der Waals surface area contributed by atoms with E-state index in [0.717, 1.165) is 17.8 Å². The smallest absolute Gasteiger partial charge is 0.475 e. The van der Waals surface area contributed by atoms with E-state index in [1.54, 1.807) is 36.5 Å². The molecular formula is C19H14F4N4O3. The fraction of sp³-hybridized carbons (Fsp3) is 0.158. The van der Waals surface area contributed by atoms with Crippen molar-refractivity contribution in [1.82, 2.24) is 20.3 Å². The number of halogens is 4. The van der Waals surface area contributed by atoms with Gasteiger partial charge in [-0.25, -0.2) is 19.2 Å². The summed E-state index contributed by atoms with van der Waals surface area (Å²) in [7, 11) is 0. The number of aliphatic carboxylic acids is 1. The van der Waals surface area contributed by atoms with Crippen molar-refractivity contribution in [2.24, 2.45) is 0 Å². The number of aromatic nitrogens is 3. The van der Waals surface area contributed by atoms with Crippen LogP contribution in [-0.2, 0) is 11.2 Å². The van der Waals surface area contributed by atoms with Gasteiger partial charge in [-0.15, -0.1) is 0 Å². The first kappa shape index (κ1) is 21.0. The number of rotatable bonds is 2. The van der Waals surface area contributed by atoms with E-state index < -0.39 is 12.1 Å². The second-order valence-corrected chi connectivity index (χ2v) is 6.13. The largest absolute Gasteiger partial charge is 0.490 e. The van der Waals surface area contributed by atoms with E-state index in [1.165, 1.54) is 6.07 Å². The minimum atomic E-state index is -5.08. The number of carbonyl (C=O) groups is 2. The van der Waals surface area contributed by atoms with E-state index in [2.05, 4.69) is 20.3 Å². The molecule has 2 aromatic heterocycles. The normalized spacial score (nSPS) is 13.0. The summed E-state index contributed by atoms with van der Waals surface area (Å²) in [4.78, 5) is 32.6. The van der Waals surface area contributed by atoms with Crippen molar-refractivity contribution in [1.29, 1.82) is 0 Å². The number of carbonyl (C=O) groups excluding carboxylic acids is 1. The summed E-state index contributed by atoms with van der Waals surface area (Å²) in [6.07, 6.45) is -2.74. The predicted octanol–water partition coefficient (Wildman–Crippen LogP) is 3.20. The Kier molecular flexibility index (Phi) is 5.81. The van der Waals surface area contributed by atoms with E-state index in [-0.39, 0.29) is 11.7 Å². The molecule has 0 atom stereocenters. The van der Waals surface area contributed by atoms with Crippen LogP contribution in [-0.4, -0.2) is 44.7 Å². The van der Waals surface area contributed by atoms with Crippen molar-refractivity contribution >= 4 is 11.9 Å². The molecule has 0 fully saturated rings. The lowest BCUT2D eigenvalue weighted by Crippen LogP contribution is -2.31. The SMILES string of the molecule is O=C(O)C(F)(F)F.O=C1NCCc2[nH]c(-c3ccnc(-c4ccccc4F)n3)cc21. The molecule has 3 heterocycles. The highest BCUT2D eigenvalue weighted by molar-refractivity contribution is 5.97. The van der Waals surface area contributed by atoms with Gasteiger partial charge in [0.15, 0.2) is 5.82 Å². The van der Waals surface area contributed by atoms with Gasteiger partial charge < -0.3 is 15.4 Å². The van der Waals surface area contributed by atoms with Crippen molar-refractivity contribution in [3.63, 3.8) is 0 Å². The molecule has 1 aliphatic rings. The fourth-order valence-corrected chi connectivity index (χ4v) is 2.71. The van der Waals surface area contributed by atoms with Crippen LogP contribution in [0.25, 0.3) is 22.8 Å². The van der Waals surface area contributed by atoms with Gasteiger partial charge in [-0.05, 0) is 24.3 Å². The first-order valence-electron chi connectivity index (χ1n) is 8.55. The number of hydrogen-bond acceptors (Lipinski definition) is 4. The van der Waals surface area contributed by atoms with Gasteiger partial charge in [-0.3, -0.25) is 4.79 Å². The van der Waals surface area contributed by atoms with Gasteiger partial charge in [0.2, 0.25) is 0 Å². The van der Waals surface area contributed by atoms with E-state index in [0.29, 0.717) is 29.2 Å². The van der Waals surface area contributed by atoms with Gasteiger partial charge >= 0.3 is 12.1 Å². The molecule has 3 N–H and O–H groups in total. The van der Waals surface area contributed by atoms with Gasteiger partial charge in [0.25, 0.3) is 5.91 Å². The van der Waals surface area contributed by atoms with E-state index >= 15 is 0 Å². The van der Waals surface area contributed by atoms with Gasteiger partial charge in [-0.2, -0.15) is 13.2 Å². The summed E-state index contributed by atoms with van der Waals surface area (Å²) in [5.41, 5.74) is 3.24. The molecule has 0 spiro atoms. The molecule has 1 aliphatic heterocycles. The Morgan fingerprint density at radius 3 is 2.47 bits per heavy atom. The number of benzene rings is 1. The van der Waals surface area contributed by atoms with Crippen LogP contribution in [0.3, 0.4) is 0 Å². The molecule has 156 valence electrons. The molecule has 0 saturated heterocycles. The van der Waals surface area contributed by atoms with Crippen molar-refractivity contribution in [2.75, 3.05) is 6.54 Å².